The number of alkyl halides is 6. The zero-order chi connectivity index (χ0) is 13.3. The fourth-order valence-electron chi connectivity index (χ4n) is 1.25. The summed E-state index contributed by atoms with van der Waals surface area (Å²) in [5, 5.41) is 0. The van der Waals surface area contributed by atoms with E-state index in [1.807, 2.05) is 0 Å². The Balaban J connectivity index is 3.00. The average Bonchev–Trinajstić information content (AvgIpc) is 2.14. The molecule has 1 aromatic rings. The van der Waals surface area contributed by atoms with E-state index in [4.69, 9.17) is 0 Å². The summed E-state index contributed by atoms with van der Waals surface area (Å²) in [7, 11) is 0. The van der Waals surface area contributed by atoms with Gasteiger partial charge < -0.3 is 0 Å². The second-order valence-corrected chi connectivity index (χ2v) is 3.44. The van der Waals surface area contributed by atoms with Gasteiger partial charge in [0.2, 0.25) is 0 Å². The van der Waals surface area contributed by atoms with Crippen LogP contribution in [0.25, 0.3) is 5.57 Å². The van der Waals surface area contributed by atoms with E-state index in [9.17, 15) is 26.3 Å². The first-order valence-electron chi connectivity index (χ1n) is 4.53. The van der Waals surface area contributed by atoms with Crippen LogP contribution in [0.2, 0.25) is 0 Å². The van der Waals surface area contributed by atoms with Crippen molar-refractivity contribution in [2.75, 3.05) is 0 Å². The summed E-state index contributed by atoms with van der Waals surface area (Å²) in [6, 6.07) is 3.53. The number of benzene rings is 1. The van der Waals surface area contributed by atoms with Crippen LogP contribution in [-0.4, -0.2) is 6.18 Å². The van der Waals surface area contributed by atoms with Crippen molar-refractivity contribution in [2.24, 2.45) is 0 Å². The molecule has 0 nitrogen and oxygen atoms in total. The van der Waals surface area contributed by atoms with E-state index in [0.29, 0.717) is 0 Å². The van der Waals surface area contributed by atoms with Gasteiger partial charge >= 0.3 is 12.4 Å². The van der Waals surface area contributed by atoms with Crippen LogP contribution in [0.5, 0.6) is 0 Å². The monoisotopic (exact) mass is 254 g/mol. The number of allylic oxidation sites excluding steroid dienone is 2. The summed E-state index contributed by atoms with van der Waals surface area (Å²) < 4.78 is 72.6. The van der Waals surface area contributed by atoms with Crippen LogP contribution in [-0.2, 0) is 6.18 Å². The largest absolute Gasteiger partial charge is 0.416 e. The molecule has 0 aromatic heterocycles. The highest BCUT2D eigenvalue weighted by molar-refractivity contribution is 5.64. The zero-order valence-corrected chi connectivity index (χ0v) is 8.65. The van der Waals surface area contributed by atoms with Crippen LogP contribution < -0.4 is 0 Å². The summed E-state index contributed by atoms with van der Waals surface area (Å²) >= 11 is 0. The molecule has 0 N–H and O–H groups in total. The third-order valence-corrected chi connectivity index (χ3v) is 2.05. The molecule has 0 aliphatic rings. The summed E-state index contributed by atoms with van der Waals surface area (Å²) in [6.45, 7) is 1.19. The highest BCUT2D eigenvalue weighted by atomic mass is 19.4. The van der Waals surface area contributed by atoms with E-state index in [1.165, 1.54) is 6.92 Å². The molecule has 0 heterocycles. The third-order valence-electron chi connectivity index (χ3n) is 2.05. The molecule has 0 atom stereocenters. The Bertz CT molecular complexity index is 407. The average molecular weight is 254 g/mol. The first-order valence-corrected chi connectivity index (χ1v) is 4.53. The maximum atomic E-state index is 12.2. The van der Waals surface area contributed by atoms with Crippen LogP contribution in [0.15, 0.2) is 30.3 Å². The molecule has 0 saturated heterocycles. The minimum Gasteiger partial charge on any atom is -0.167 e. The second-order valence-electron chi connectivity index (χ2n) is 3.44. The predicted octanol–water partition coefficient (Wildman–Crippen LogP) is 4.67. The summed E-state index contributed by atoms with van der Waals surface area (Å²) in [5.41, 5.74) is -0.914. The van der Waals surface area contributed by atoms with E-state index in [1.54, 1.807) is 0 Å². The first-order chi connectivity index (χ1) is 7.59. The Hall–Kier alpha value is -1.46. The van der Waals surface area contributed by atoms with Gasteiger partial charge in [0.25, 0.3) is 0 Å². The maximum Gasteiger partial charge on any atom is 0.416 e. The zero-order valence-electron chi connectivity index (χ0n) is 8.65. The van der Waals surface area contributed by atoms with E-state index in [0.717, 1.165) is 24.3 Å². The molecule has 0 fully saturated rings. The van der Waals surface area contributed by atoms with Crippen molar-refractivity contribution in [3.05, 3.63) is 41.5 Å². The lowest BCUT2D eigenvalue weighted by Crippen LogP contribution is -2.05. The lowest BCUT2D eigenvalue weighted by molar-refractivity contribution is -0.137. The van der Waals surface area contributed by atoms with Gasteiger partial charge in [-0.25, -0.2) is 0 Å². The normalized spacial score (nSPS) is 13.9. The van der Waals surface area contributed by atoms with Gasteiger partial charge in [-0.2, -0.15) is 26.3 Å². The van der Waals surface area contributed by atoms with Crippen LogP contribution in [0.1, 0.15) is 18.1 Å². The fraction of sp³-hybridized carbons (Fsp3) is 0.273. The molecule has 0 saturated carbocycles. The quantitative estimate of drug-likeness (QED) is 0.639. The molecule has 17 heavy (non-hydrogen) atoms. The van der Waals surface area contributed by atoms with E-state index in [-0.39, 0.29) is 17.2 Å². The van der Waals surface area contributed by atoms with Crippen molar-refractivity contribution in [3.8, 4) is 0 Å². The van der Waals surface area contributed by atoms with Crippen LogP contribution in [0, 0.1) is 0 Å². The Morgan fingerprint density at radius 1 is 0.941 bits per heavy atom. The van der Waals surface area contributed by atoms with Crippen molar-refractivity contribution in [1.29, 1.82) is 0 Å². The van der Waals surface area contributed by atoms with Gasteiger partial charge in [-0.3, -0.25) is 0 Å². The fourth-order valence-corrected chi connectivity index (χ4v) is 1.25. The molecular formula is C11H8F6. The van der Waals surface area contributed by atoms with Crippen molar-refractivity contribution in [3.63, 3.8) is 0 Å². The van der Waals surface area contributed by atoms with Crippen molar-refractivity contribution >= 4 is 5.57 Å². The molecule has 6 heteroatoms. The van der Waals surface area contributed by atoms with Crippen LogP contribution in [0.4, 0.5) is 26.3 Å². The Labute approximate surface area is 93.6 Å². The molecule has 0 amide bonds. The van der Waals surface area contributed by atoms with Gasteiger partial charge in [-0.15, -0.1) is 0 Å². The molecule has 0 bridgehead atoms. The Morgan fingerprint density at radius 2 is 1.41 bits per heavy atom. The summed E-state index contributed by atoms with van der Waals surface area (Å²) in [5.74, 6) is 0. The minimum absolute atomic E-state index is 0.0512. The van der Waals surface area contributed by atoms with Gasteiger partial charge in [-0.05, 0) is 30.2 Å². The number of hydrogen-bond acceptors (Lipinski definition) is 0. The van der Waals surface area contributed by atoms with Crippen molar-refractivity contribution in [1.82, 2.24) is 0 Å². The van der Waals surface area contributed by atoms with Crippen LogP contribution >= 0.6 is 0 Å². The maximum absolute atomic E-state index is 12.2. The topological polar surface area (TPSA) is 0 Å². The summed E-state index contributed by atoms with van der Waals surface area (Å²) in [6.07, 6.45) is -8.91. The van der Waals surface area contributed by atoms with Gasteiger partial charge in [0, 0.05) is 6.08 Å². The van der Waals surface area contributed by atoms with Gasteiger partial charge in [0.15, 0.2) is 0 Å². The lowest BCUT2D eigenvalue weighted by Gasteiger charge is -2.08. The number of rotatable bonds is 1. The van der Waals surface area contributed by atoms with Gasteiger partial charge in [0.1, 0.15) is 0 Å². The smallest absolute Gasteiger partial charge is 0.167 e. The van der Waals surface area contributed by atoms with Crippen molar-refractivity contribution in [2.45, 2.75) is 19.3 Å². The highest BCUT2D eigenvalue weighted by Crippen LogP contribution is 2.30. The molecular weight excluding hydrogens is 246 g/mol. The van der Waals surface area contributed by atoms with Gasteiger partial charge in [0.05, 0.1) is 5.56 Å². The van der Waals surface area contributed by atoms with E-state index >= 15 is 0 Å². The van der Waals surface area contributed by atoms with Gasteiger partial charge in [-0.1, -0.05) is 12.1 Å². The lowest BCUT2D eigenvalue weighted by atomic mass is 10.0. The number of halogens is 6. The molecule has 0 spiro atoms. The van der Waals surface area contributed by atoms with Crippen molar-refractivity contribution < 1.29 is 26.3 Å². The highest BCUT2D eigenvalue weighted by Gasteiger charge is 2.30. The summed E-state index contributed by atoms with van der Waals surface area (Å²) in [4.78, 5) is 0. The molecule has 0 radical (unpaired) electrons. The second kappa shape index (κ2) is 4.43. The predicted molar refractivity (Wildman–Crippen MR) is 51.2 cm³/mol. The SMILES string of the molecule is C/C(=C\C(F)(F)F)c1ccc(C(F)(F)F)cc1. The molecule has 1 aromatic carbocycles. The standard InChI is InChI=1S/C11H8F6/c1-7(6-10(12,13)14)8-2-4-9(5-3-8)11(15,16)17/h2-6H,1H3/b7-6+. The van der Waals surface area contributed by atoms with E-state index in [2.05, 4.69) is 0 Å². The number of hydrogen-bond donors (Lipinski definition) is 0. The minimum atomic E-state index is -4.49. The molecule has 0 aliphatic heterocycles. The first kappa shape index (κ1) is 13.6. The van der Waals surface area contributed by atoms with E-state index < -0.39 is 17.9 Å². The molecule has 1 rings (SSSR count). The Morgan fingerprint density at radius 3 is 1.76 bits per heavy atom. The van der Waals surface area contributed by atoms with Crippen LogP contribution in [0.3, 0.4) is 0 Å². The molecule has 0 unspecified atom stereocenters. The molecule has 0 aliphatic carbocycles. The Kier molecular flexibility index (Phi) is 3.54. The third kappa shape index (κ3) is 4.13. The molecule has 94 valence electrons.